The SMILES string of the molecule is CCC1(C(=O)N2CCN(C(C)=O)CC2)CCNCC1. The van der Waals surface area contributed by atoms with Crippen molar-refractivity contribution in [2.75, 3.05) is 39.3 Å². The maximum absolute atomic E-state index is 12.8. The molecule has 0 atom stereocenters. The van der Waals surface area contributed by atoms with E-state index in [4.69, 9.17) is 0 Å². The van der Waals surface area contributed by atoms with Gasteiger partial charge in [-0.05, 0) is 32.4 Å². The molecule has 0 unspecified atom stereocenters. The Kier molecular flexibility index (Phi) is 4.45. The molecule has 0 spiro atoms. The summed E-state index contributed by atoms with van der Waals surface area (Å²) in [6, 6.07) is 0. The van der Waals surface area contributed by atoms with Crippen molar-refractivity contribution in [3.63, 3.8) is 0 Å². The number of carbonyl (C=O) groups excluding carboxylic acids is 2. The Bertz CT molecular complexity index is 343. The van der Waals surface area contributed by atoms with Crippen LogP contribution in [0.4, 0.5) is 0 Å². The monoisotopic (exact) mass is 267 g/mol. The van der Waals surface area contributed by atoms with Crippen LogP contribution in [-0.2, 0) is 9.59 Å². The van der Waals surface area contributed by atoms with Crippen LogP contribution in [0, 0.1) is 5.41 Å². The molecule has 19 heavy (non-hydrogen) atoms. The minimum Gasteiger partial charge on any atom is -0.339 e. The summed E-state index contributed by atoms with van der Waals surface area (Å²) in [6.07, 6.45) is 2.80. The van der Waals surface area contributed by atoms with Gasteiger partial charge in [0.05, 0.1) is 5.41 Å². The first-order valence-corrected chi connectivity index (χ1v) is 7.35. The fourth-order valence-electron chi connectivity index (χ4n) is 3.18. The molecule has 2 saturated heterocycles. The van der Waals surface area contributed by atoms with Gasteiger partial charge in [0.2, 0.25) is 11.8 Å². The van der Waals surface area contributed by atoms with Crippen molar-refractivity contribution in [2.24, 2.45) is 5.41 Å². The third-order valence-electron chi connectivity index (χ3n) is 4.70. The Morgan fingerprint density at radius 1 is 1.05 bits per heavy atom. The fourth-order valence-corrected chi connectivity index (χ4v) is 3.18. The number of hydrogen-bond acceptors (Lipinski definition) is 3. The van der Waals surface area contributed by atoms with Gasteiger partial charge in [0, 0.05) is 33.1 Å². The lowest BCUT2D eigenvalue weighted by atomic mass is 9.75. The molecule has 1 N–H and O–H groups in total. The Balaban J connectivity index is 1.98. The minimum atomic E-state index is -0.163. The van der Waals surface area contributed by atoms with Crippen LogP contribution >= 0.6 is 0 Å². The molecule has 2 aliphatic heterocycles. The van der Waals surface area contributed by atoms with Crippen molar-refractivity contribution in [3.05, 3.63) is 0 Å². The lowest BCUT2D eigenvalue weighted by molar-refractivity contribution is -0.148. The van der Waals surface area contributed by atoms with E-state index in [1.165, 1.54) is 0 Å². The Labute approximate surface area is 115 Å². The van der Waals surface area contributed by atoms with E-state index in [1.807, 2.05) is 9.80 Å². The first kappa shape index (κ1) is 14.3. The van der Waals surface area contributed by atoms with Crippen LogP contribution in [-0.4, -0.2) is 60.9 Å². The summed E-state index contributed by atoms with van der Waals surface area (Å²) in [5.74, 6) is 0.416. The number of hydrogen-bond donors (Lipinski definition) is 1. The lowest BCUT2D eigenvalue weighted by Gasteiger charge is -2.42. The molecule has 0 aliphatic carbocycles. The van der Waals surface area contributed by atoms with Crippen LogP contribution < -0.4 is 5.32 Å². The highest BCUT2D eigenvalue weighted by atomic mass is 16.2. The van der Waals surface area contributed by atoms with Gasteiger partial charge in [0.1, 0.15) is 0 Å². The number of nitrogens with zero attached hydrogens (tertiary/aromatic N) is 2. The number of carbonyl (C=O) groups is 2. The smallest absolute Gasteiger partial charge is 0.228 e. The van der Waals surface area contributed by atoms with Crippen LogP contribution in [0.25, 0.3) is 0 Å². The third kappa shape index (κ3) is 2.91. The number of nitrogens with one attached hydrogen (secondary N) is 1. The summed E-state index contributed by atoms with van der Waals surface area (Å²) in [4.78, 5) is 27.9. The molecule has 0 aromatic rings. The van der Waals surface area contributed by atoms with E-state index < -0.39 is 0 Å². The zero-order chi connectivity index (χ0) is 13.9. The summed E-state index contributed by atoms with van der Waals surface area (Å²) in [5.41, 5.74) is -0.163. The molecular weight excluding hydrogens is 242 g/mol. The zero-order valence-electron chi connectivity index (χ0n) is 12.1. The second-order valence-electron chi connectivity index (χ2n) is 5.68. The van der Waals surface area contributed by atoms with Gasteiger partial charge < -0.3 is 15.1 Å². The summed E-state index contributed by atoms with van der Waals surface area (Å²) < 4.78 is 0. The van der Waals surface area contributed by atoms with Gasteiger partial charge in [-0.15, -0.1) is 0 Å². The predicted molar refractivity (Wildman–Crippen MR) is 73.7 cm³/mol. The van der Waals surface area contributed by atoms with Gasteiger partial charge in [0.25, 0.3) is 0 Å². The standard InChI is InChI=1S/C14H25N3O2/c1-3-14(4-6-15-7-5-14)13(19)17-10-8-16(9-11-17)12(2)18/h15H,3-11H2,1-2H3. The fraction of sp³-hybridized carbons (Fsp3) is 0.857. The molecular formula is C14H25N3O2. The second kappa shape index (κ2) is 5.90. The highest BCUT2D eigenvalue weighted by Crippen LogP contribution is 2.34. The molecule has 2 rings (SSSR count). The van der Waals surface area contributed by atoms with E-state index in [9.17, 15) is 9.59 Å². The van der Waals surface area contributed by atoms with Crippen molar-refractivity contribution in [3.8, 4) is 0 Å². The summed E-state index contributed by atoms with van der Waals surface area (Å²) in [6.45, 7) is 8.33. The molecule has 0 bridgehead atoms. The second-order valence-corrected chi connectivity index (χ2v) is 5.68. The molecule has 0 radical (unpaired) electrons. The highest BCUT2D eigenvalue weighted by molar-refractivity contribution is 5.83. The van der Waals surface area contributed by atoms with Crippen LogP contribution in [0.15, 0.2) is 0 Å². The van der Waals surface area contributed by atoms with E-state index >= 15 is 0 Å². The largest absolute Gasteiger partial charge is 0.339 e. The van der Waals surface area contributed by atoms with Gasteiger partial charge in [-0.25, -0.2) is 0 Å². The van der Waals surface area contributed by atoms with Crippen LogP contribution in [0.2, 0.25) is 0 Å². The van der Waals surface area contributed by atoms with Gasteiger partial charge in [0.15, 0.2) is 0 Å². The molecule has 5 heteroatoms. The number of rotatable bonds is 2. The maximum Gasteiger partial charge on any atom is 0.228 e. The molecule has 0 aromatic carbocycles. The van der Waals surface area contributed by atoms with Crippen LogP contribution in [0.5, 0.6) is 0 Å². The molecule has 2 amide bonds. The van der Waals surface area contributed by atoms with Gasteiger partial charge in [-0.3, -0.25) is 9.59 Å². The Hall–Kier alpha value is -1.10. The average Bonchev–Trinajstić information content (AvgIpc) is 2.47. The topological polar surface area (TPSA) is 52.7 Å². The molecule has 5 nitrogen and oxygen atoms in total. The number of amides is 2. The van der Waals surface area contributed by atoms with E-state index in [1.54, 1.807) is 6.92 Å². The van der Waals surface area contributed by atoms with Crippen molar-refractivity contribution in [2.45, 2.75) is 33.1 Å². The normalized spacial score (nSPS) is 23.3. The highest BCUT2D eigenvalue weighted by Gasteiger charge is 2.41. The quantitative estimate of drug-likeness (QED) is 0.790. The van der Waals surface area contributed by atoms with E-state index in [-0.39, 0.29) is 11.3 Å². The average molecular weight is 267 g/mol. The third-order valence-corrected chi connectivity index (χ3v) is 4.70. The number of piperazine rings is 1. The summed E-state index contributed by atoms with van der Waals surface area (Å²) in [7, 11) is 0. The summed E-state index contributed by atoms with van der Waals surface area (Å²) >= 11 is 0. The van der Waals surface area contributed by atoms with E-state index in [2.05, 4.69) is 12.2 Å². The first-order valence-electron chi connectivity index (χ1n) is 7.35. The first-order chi connectivity index (χ1) is 9.09. The predicted octanol–water partition coefficient (Wildman–Crippen LogP) is 0.457. The molecule has 2 aliphatic rings. The van der Waals surface area contributed by atoms with Crippen molar-refractivity contribution in [1.29, 1.82) is 0 Å². The Morgan fingerprint density at radius 3 is 2.05 bits per heavy atom. The van der Waals surface area contributed by atoms with Gasteiger partial charge in [-0.2, -0.15) is 0 Å². The summed E-state index contributed by atoms with van der Waals surface area (Å²) in [5, 5.41) is 3.33. The van der Waals surface area contributed by atoms with Gasteiger partial charge >= 0.3 is 0 Å². The Morgan fingerprint density at radius 2 is 1.58 bits per heavy atom. The molecule has 108 valence electrons. The zero-order valence-corrected chi connectivity index (χ0v) is 12.1. The molecule has 2 heterocycles. The lowest BCUT2D eigenvalue weighted by Crippen LogP contribution is -2.55. The molecule has 2 fully saturated rings. The van der Waals surface area contributed by atoms with Crippen molar-refractivity contribution >= 4 is 11.8 Å². The molecule has 0 aromatic heterocycles. The minimum absolute atomic E-state index is 0.110. The molecule has 0 saturated carbocycles. The van der Waals surface area contributed by atoms with Crippen LogP contribution in [0.1, 0.15) is 33.1 Å². The van der Waals surface area contributed by atoms with E-state index in [0.717, 1.165) is 32.4 Å². The van der Waals surface area contributed by atoms with Gasteiger partial charge in [-0.1, -0.05) is 6.92 Å². The van der Waals surface area contributed by atoms with Crippen molar-refractivity contribution in [1.82, 2.24) is 15.1 Å². The van der Waals surface area contributed by atoms with Crippen LogP contribution in [0.3, 0.4) is 0 Å². The van der Waals surface area contributed by atoms with E-state index in [0.29, 0.717) is 32.1 Å². The maximum atomic E-state index is 12.8. The number of piperidine rings is 1. The van der Waals surface area contributed by atoms with Crippen molar-refractivity contribution < 1.29 is 9.59 Å².